The van der Waals surface area contributed by atoms with Crippen molar-refractivity contribution in [3.05, 3.63) is 77.9 Å². The van der Waals surface area contributed by atoms with Crippen molar-refractivity contribution in [1.29, 1.82) is 0 Å². The van der Waals surface area contributed by atoms with Gasteiger partial charge in [-0.25, -0.2) is 0 Å². The summed E-state index contributed by atoms with van der Waals surface area (Å²) in [5.41, 5.74) is 3.67. The van der Waals surface area contributed by atoms with Crippen LogP contribution in [0.2, 0.25) is 0 Å². The molecule has 4 aromatic rings. The van der Waals surface area contributed by atoms with Gasteiger partial charge in [0.05, 0.1) is 11.6 Å². The maximum atomic E-state index is 6.88. The molecule has 4 aromatic carbocycles. The summed E-state index contributed by atoms with van der Waals surface area (Å²) < 4.78 is 6.88. The van der Waals surface area contributed by atoms with Crippen molar-refractivity contribution in [1.82, 2.24) is 0 Å². The molecule has 0 amide bonds. The molecule has 0 N–H and O–H groups in total. The first-order valence-electron chi connectivity index (χ1n) is 10.5. The largest absolute Gasteiger partial charge is 0.459 e. The second-order valence-corrected chi connectivity index (χ2v) is 9.04. The SMILES string of the molecule is Cc1cc2c(c3ccccc13)N=CC1(O2)N(C)c2cc3ccccc3cc2C1(C)C. The Morgan fingerprint density at radius 1 is 0.867 bits per heavy atom. The van der Waals surface area contributed by atoms with E-state index in [0.717, 1.165) is 16.8 Å². The molecule has 0 radical (unpaired) electrons. The fraction of sp³-hybridized carbons (Fsp3) is 0.222. The summed E-state index contributed by atoms with van der Waals surface area (Å²) in [7, 11) is 2.12. The molecule has 30 heavy (non-hydrogen) atoms. The Morgan fingerprint density at radius 3 is 2.30 bits per heavy atom. The molecular formula is C27H24N2O. The molecule has 2 heterocycles. The maximum Gasteiger partial charge on any atom is 0.228 e. The van der Waals surface area contributed by atoms with Crippen LogP contribution in [0.3, 0.4) is 0 Å². The highest BCUT2D eigenvalue weighted by Gasteiger charge is 2.58. The van der Waals surface area contributed by atoms with Gasteiger partial charge in [0, 0.05) is 18.1 Å². The maximum absolute atomic E-state index is 6.88. The highest BCUT2D eigenvalue weighted by Crippen LogP contribution is 2.55. The average Bonchev–Trinajstić information content (AvgIpc) is 2.91. The van der Waals surface area contributed by atoms with E-state index in [1.54, 1.807) is 0 Å². The predicted octanol–water partition coefficient (Wildman–Crippen LogP) is 6.52. The Hall–Kier alpha value is -3.33. The van der Waals surface area contributed by atoms with E-state index in [1.807, 2.05) is 6.21 Å². The van der Waals surface area contributed by atoms with Gasteiger partial charge in [0.25, 0.3) is 0 Å². The van der Waals surface area contributed by atoms with Gasteiger partial charge in [0.15, 0.2) is 0 Å². The Morgan fingerprint density at radius 2 is 1.53 bits per heavy atom. The molecule has 0 saturated carbocycles. The molecule has 0 aliphatic carbocycles. The normalized spacial score (nSPS) is 21.1. The summed E-state index contributed by atoms with van der Waals surface area (Å²) in [6, 6.07) is 23.7. The van der Waals surface area contributed by atoms with E-state index in [9.17, 15) is 0 Å². The van der Waals surface area contributed by atoms with E-state index >= 15 is 0 Å². The van der Waals surface area contributed by atoms with Gasteiger partial charge < -0.3 is 9.64 Å². The van der Waals surface area contributed by atoms with Crippen LogP contribution in [-0.2, 0) is 5.41 Å². The summed E-state index contributed by atoms with van der Waals surface area (Å²) >= 11 is 0. The number of aryl methyl sites for hydroxylation is 1. The molecule has 1 atom stereocenters. The zero-order valence-electron chi connectivity index (χ0n) is 17.7. The van der Waals surface area contributed by atoms with Crippen LogP contribution in [0, 0.1) is 6.92 Å². The number of aliphatic imine (C=N–C) groups is 1. The summed E-state index contributed by atoms with van der Waals surface area (Å²) in [5.74, 6) is 0.853. The standard InChI is InChI=1S/C27H24N2O/c1-17-13-24-25(21-12-8-7-11-20(17)21)28-16-27(30-24)26(2,3)22-14-18-9-5-6-10-19(18)15-23(22)29(27)4/h5-16H,1-4H3. The van der Waals surface area contributed by atoms with Gasteiger partial charge in [-0.1, -0.05) is 48.5 Å². The lowest BCUT2D eigenvalue weighted by Crippen LogP contribution is -2.61. The van der Waals surface area contributed by atoms with Gasteiger partial charge in [-0.15, -0.1) is 0 Å². The molecule has 3 nitrogen and oxygen atoms in total. The second kappa shape index (κ2) is 5.63. The third kappa shape index (κ3) is 2.02. The average molecular weight is 393 g/mol. The summed E-state index contributed by atoms with van der Waals surface area (Å²) in [6.45, 7) is 6.66. The van der Waals surface area contributed by atoms with Crippen molar-refractivity contribution in [3.63, 3.8) is 0 Å². The van der Waals surface area contributed by atoms with Crippen LogP contribution in [0.1, 0.15) is 25.0 Å². The molecule has 6 rings (SSSR count). The van der Waals surface area contributed by atoms with Gasteiger partial charge in [0.1, 0.15) is 11.4 Å². The predicted molar refractivity (Wildman–Crippen MR) is 126 cm³/mol. The first kappa shape index (κ1) is 17.5. The third-order valence-corrected chi connectivity index (χ3v) is 7.11. The van der Waals surface area contributed by atoms with Gasteiger partial charge in [-0.3, -0.25) is 4.99 Å². The molecule has 2 aliphatic heterocycles. The number of nitrogens with zero attached hydrogens (tertiary/aromatic N) is 2. The van der Waals surface area contributed by atoms with E-state index < -0.39 is 5.72 Å². The Bertz CT molecular complexity index is 1380. The highest BCUT2D eigenvalue weighted by atomic mass is 16.5. The van der Waals surface area contributed by atoms with Crippen molar-refractivity contribution in [2.24, 2.45) is 4.99 Å². The minimum atomic E-state index is -0.672. The highest BCUT2D eigenvalue weighted by molar-refractivity contribution is 6.02. The fourth-order valence-corrected chi connectivity index (χ4v) is 5.31. The lowest BCUT2D eigenvalue weighted by Gasteiger charge is -2.45. The van der Waals surface area contributed by atoms with Crippen LogP contribution in [0.5, 0.6) is 5.75 Å². The van der Waals surface area contributed by atoms with Crippen LogP contribution >= 0.6 is 0 Å². The number of hydrogen-bond acceptors (Lipinski definition) is 3. The van der Waals surface area contributed by atoms with Crippen molar-refractivity contribution in [2.45, 2.75) is 31.9 Å². The molecule has 1 unspecified atom stereocenters. The Labute approximate surface area is 176 Å². The topological polar surface area (TPSA) is 24.8 Å². The van der Waals surface area contributed by atoms with Gasteiger partial charge in [-0.05, 0) is 66.3 Å². The Kier molecular flexibility index (Phi) is 3.29. The molecule has 0 saturated heterocycles. The zero-order valence-corrected chi connectivity index (χ0v) is 17.7. The van der Waals surface area contributed by atoms with Gasteiger partial charge >= 0.3 is 0 Å². The molecule has 1 spiro atoms. The zero-order chi connectivity index (χ0) is 20.7. The molecular weight excluding hydrogens is 368 g/mol. The number of anilines is 1. The number of rotatable bonds is 0. The molecule has 148 valence electrons. The van der Waals surface area contributed by atoms with Crippen LogP contribution in [0.15, 0.2) is 71.7 Å². The Balaban J connectivity index is 1.58. The van der Waals surface area contributed by atoms with E-state index in [2.05, 4.69) is 99.4 Å². The number of ether oxygens (including phenoxy) is 1. The van der Waals surface area contributed by atoms with Crippen LogP contribution in [0.4, 0.5) is 11.4 Å². The number of hydrogen-bond donors (Lipinski definition) is 0. The van der Waals surface area contributed by atoms with Crippen LogP contribution < -0.4 is 9.64 Å². The van der Waals surface area contributed by atoms with Gasteiger partial charge in [-0.2, -0.15) is 0 Å². The molecule has 0 fully saturated rings. The third-order valence-electron chi connectivity index (χ3n) is 7.11. The smallest absolute Gasteiger partial charge is 0.228 e. The van der Waals surface area contributed by atoms with Crippen LogP contribution in [0.25, 0.3) is 21.5 Å². The van der Waals surface area contributed by atoms with Crippen LogP contribution in [-0.4, -0.2) is 19.0 Å². The number of likely N-dealkylation sites (N-methyl/N-ethyl adjacent to an activating group) is 1. The van der Waals surface area contributed by atoms with E-state index in [4.69, 9.17) is 9.73 Å². The first-order valence-corrected chi connectivity index (χ1v) is 10.5. The summed E-state index contributed by atoms with van der Waals surface area (Å²) in [6.07, 6.45) is 2.02. The minimum Gasteiger partial charge on any atom is -0.459 e. The summed E-state index contributed by atoms with van der Waals surface area (Å²) in [5, 5.41) is 4.86. The van der Waals surface area contributed by atoms with E-state index in [-0.39, 0.29) is 5.41 Å². The van der Waals surface area contributed by atoms with Crippen molar-refractivity contribution in [2.75, 3.05) is 11.9 Å². The minimum absolute atomic E-state index is 0.276. The number of benzene rings is 4. The number of fused-ring (bicyclic) bond motifs is 5. The van der Waals surface area contributed by atoms with Crippen molar-refractivity contribution < 1.29 is 4.74 Å². The lowest BCUT2D eigenvalue weighted by molar-refractivity contribution is 0.0826. The van der Waals surface area contributed by atoms with Gasteiger partial charge in [0.2, 0.25) is 5.72 Å². The van der Waals surface area contributed by atoms with E-state index in [1.165, 1.54) is 33.0 Å². The molecule has 0 bridgehead atoms. The molecule has 0 aromatic heterocycles. The summed E-state index contributed by atoms with van der Waals surface area (Å²) in [4.78, 5) is 7.26. The monoisotopic (exact) mass is 392 g/mol. The van der Waals surface area contributed by atoms with E-state index in [0.29, 0.717) is 0 Å². The fourth-order valence-electron chi connectivity index (χ4n) is 5.31. The van der Waals surface area contributed by atoms with Crippen molar-refractivity contribution >= 4 is 39.1 Å². The lowest BCUT2D eigenvalue weighted by atomic mass is 9.77. The molecule has 3 heteroatoms. The molecule has 2 aliphatic rings. The second-order valence-electron chi connectivity index (χ2n) is 9.04. The quantitative estimate of drug-likeness (QED) is 0.340. The van der Waals surface area contributed by atoms with Crippen molar-refractivity contribution in [3.8, 4) is 5.75 Å². The first-order chi connectivity index (χ1) is 14.4.